The number of carboxylic acids is 2. The van der Waals surface area contributed by atoms with Crippen molar-refractivity contribution in [1.29, 1.82) is 0 Å². The van der Waals surface area contributed by atoms with Crippen molar-refractivity contribution in [1.82, 2.24) is 10.2 Å². The molecule has 27 heavy (non-hydrogen) atoms. The maximum absolute atomic E-state index is 12.3. The van der Waals surface area contributed by atoms with Crippen molar-refractivity contribution in [2.24, 2.45) is 5.92 Å². The number of hydrogen-bond donors (Lipinski definition) is 3. The number of nitrogens with one attached hydrogen (secondary N) is 1. The summed E-state index contributed by atoms with van der Waals surface area (Å²) in [6, 6.07) is 7.78. The topological polar surface area (TPSA) is 120 Å². The standard InChI is InChI=1S/C15H16N2O2.C4H4O4/c18-15(16-13-9-17-5-3-12(13)8-17)11-1-2-14-10(7-11)4-6-19-14;5-3(6)1-2-4(7)8/h1-2,4,6-7,12-13H,3,5,8-9H2,(H,16,18);1-2H,(H,5,6)(H,7,8)/b;2-1+/t12-,13?;/m1./s1. The van der Waals surface area contributed by atoms with E-state index in [9.17, 15) is 14.4 Å². The van der Waals surface area contributed by atoms with Crippen LogP contribution in [0.1, 0.15) is 16.8 Å². The minimum Gasteiger partial charge on any atom is -0.478 e. The summed E-state index contributed by atoms with van der Waals surface area (Å²) in [6.45, 7) is 3.34. The van der Waals surface area contributed by atoms with Gasteiger partial charge in [-0.1, -0.05) is 0 Å². The molecule has 2 aliphatic rings. The van der Waals surface area contributed by atoms with E-state index in [1.54, 1.807) is 6.26 Å². The second-order valence-electron chi connectivity index (χ2n) is 6.57. The second-order valence-corrected chi connectivity index (χ2v) is 6.57. The van der Waals surface area contributed by atoms with E-state index in [0.717, 1.165) is 24.1 Å². The molecule has 2 bridgehead atoms. The molecule has 0 radical (unpaired) electrons. The number of carboxylic acid groups (broad SMARTS) is 2. The molecule has 4 rings (SSSR count). The second kappa shape index (κ2) is 8.05. The lowest BCUT2D eigenvalue weighted by atomic mass is 9.99. The minimum absolute atomic E-state index is 0.0295. The van der Waals surface area contributed by atoms with E-state index in [1.807, 2.05) is 24.3 Å². The normalized spacial score (nSPS) is 23.2. The summed E-state index contributed by atoms with van der Waals surface area (Å²) in [7, 11) is 0. The summed E-state index contributed by atoms with van der Waals surface area (Å²) in [6.07, 6.45) is 3.98. The van der Waals surface area contributed by atoms with Crippen LogP contribution >= 0.6 is 0 Å². The minimum atomic E-state index is -1.26. The number of benzene rings is 1. The van der Waals surface area contributed by atoms with Crippen LogP contribution < -0.4 is 5.32 Å². The summed E-state index contributed by atoms with van der Waals surface area (Å²) in [5, 5.41) is 19.8. The zero-order valence-corrected chi connectivity index (χ0v) is 14.5. The lowest BCUT2D eigenvalue weighted by Crippen LogP contribution is -2.43. The first-order chi connectivity index (χ1) is 12.9. The quantitative estimate of drug-likeness (QED) is 0.697. The molecule has 2 fully saturated rings. The van der Waals surface area contributed by atoms with E-state index >= 15 is 0 Å². The van der Waals surface area contributed by atoms with Gasteiger partial charge in [-0.25, -0.2) is 9.59 Å². The van der Waals surface area contributed by atoms with Crippen molar-refractivity contribution in [3.8, 4) is 0 Å². The highest BCUT2D eigenvalue weighted by Gasteiger charge is 2.38. The van der Waals surface area contributed by atoms with Gasteiger partial charge in [0.2, 0.25) is 0 Å². The van der Waals surface area contributed by atoms with Crippen molar-refractivity contribution in [2.75, 3.05) is 19.6 Å². The molecular formula is C19H20N2O6. The Bertz CT molecular complexity index is 871. The van der Waals surface area contributed by atoms with Gasteiger partial charge in [-0.15, -0.1) is 0 Å². The van der Waals surface area contributed by atoms with Gasteiger partial charge in [-0.2, -0.15) is 0 Å². The van der Waals surface area contributed by atoms with Crippen molar-refractivity contribution in [2.45, 2.75) is 12.5 Å². The molecule has 142 valence electrons. The van der Waals surface area contributed by atoms with Gasteiger partial charge in [-0.05, 0) is 43.1 Å². The maximum atomic E-state index is 12.3. The lowest BCUT2D eigenvalue weighted by molar-refractivity contribution is -0.134. The Hall–Kier alpha value is -3.13. The van der Waals surface area contributed by atoms with Crippen LogP contribution in [0.3, 0.4) is 0 Å². The summed E-state index contributed by atoms with van der Waals surface area (Å²) in [4.78, 5) is 33.8. The Balaban J connectivity index is 0.000000226. The number of piperidine rings is 1. The molecule has 2 saturated heterocycles. The number of carbonyl (C=O) groups is 3. The molecular weight excluding hydrogens is 352 g/mol. The Morgan fingerprint density at radius 1 is 1.11 bits per heavy atom. The molecule has 3 heterocycles. The molecule has 2 aliphatic heterocycles. The van der Waals surface area contributed by atoms with Crippen LogP contribution in [0.25, 0.3) is 11.0 Å². The van der Waals surface area contributed by atoms with Crippen LogP contribution in [-0.4, -0.2) is 58.6 Å². The lowest BCUT2D eigenvalue weighted by Gasteiger charge is -2.23. The zero-order chi connectivity index (χ0) is 19.4. The average Bonchev–Trinajstić information content (AvgIpc) is 3.36. The number of amides is 1. The Labute approximate surface area is 155 Å². The van der Waals surface area contributed by atoms with Crippen LogP contribution in [0.4, 0.5) is 0 Å². The van der Waals surface area contributed by atoms with Gasteiger partial charge in [0.25, 0.3) is 5.91 Å². The van der Waals surface area contributed by atoms with Crippen molar-refractivity contribution >= 4 is 28.8 Å². The molecule has 3 N–H and O–H groups in total. The highest BCUT2D eigenvalue weighted by molar-refractivity contribution is 5.98. The molecule has 0 saturated carbocycles. The predicted octanol–water partition coefficient (Wildman–Crippen LogP) is 1.58. The predicted molar refractivity (Wildman–Crippen MR) is 96.4 cm³/mol. The fourth-order valence-corrected chi connectivity index (χ4v) is 3.45. The van der Waals surface area contributed by atoms with Gasteiger partial charge < -0.3 is 24.8 Å². The maximum Gasteiger partial charge on any atom is 0.328 e. The average molecular weight is 372 g/mol. The van der Waals surface area contributed by atoms with Crippen LogP contribution in [-0.2, 0) is 9.59 Å². The van der Waals surface area contributed by atoms with Gasteiger partial charge in [-0.3, -0.25) is 4.79 Å². The monoisotopic (exact) mass is 372 g/mol. The summed E-state index contributed by atoms with van der Waals surface area (Å²) in [5.41, 5.74) is 1.54. The van der Waals surface area contributed by atoms with E-state index in [-0.39, 0.29) is 5.91 Å². The first-order valence-corrected chi connectivity index (χ1v) is 8.57. The van der Waals surface area contributed by atoms with E-state index in [1.165, 1.54) is 13.0 Å². The summed E-state index contributed by atoms with van der Waals surface area (Å²) in [5.74, 6) is -1.84. The highest BCUT2D eigenvalue weighted by Crippen LogP contribution is 2.28. The van der Waals surface area contributed by atoms with E-state index in [4.69, 9.17) is 14.6 Å². The number of furan rings is 1. The highest BCUT2D eigenvalue weighted by atomic mass is 16.4. The van der Waals surface area contributed by atoms with Crippen LogP contribution in [0.5, 0.6) is 0 Å². The number of aliphatic carboxylic acids is 2. The van der Waals surface area contributed by atoms with E-state index in [0.29, 0.717) is 29.7 Å². The molecule has 0 spiro atoms. The molecule has 8 heteroatoms. The zero-order valence-electron chi connectivity index (χ0n) is 14.5. The fraction of sp³-hybridized carbons (Fsp3) is 0.316. The molecule has 8 nitrogen and oxygen atoms in total. The molecule has 3 atom stereocenters. The van der Waals surface area contributed by atoms with E-state index < -0.39 is 11.9 Å². The third kappa shape index (κ3) is 4.73. The molecule has 1 amide bonds. The van der Waals surface area contributed by atoms with Gasteiger partial charge in [0.1, 0.15) is 5.58 Å². The fourth-order valence-electron chi connectivity index (χ4n) is 3.45. The van der Waals surface area contributed by atoms with Crippen LogP contribution in [0, 0.1) is 5.92 Å². The molecule has 2 unspecified atom stereocenters. The van der Waals surface area contributed by atoms with Crippen molar-refractivity contribution < 1.29 is 29.0 Å². The first-order valence-electron chi connectivity index (χ1n) is 8.57. The molecule has 1 aromatic carbocycles. The molecule has 0 aliphatic carbocycles. The molecule has 2 aromatic rings. The van der Waals surface area contributed by atoms with Gasteiger partial charge in [0, 0.05) is 42.2 Å². The largest absolute Gasteiger partial charge is 0.478 e. The number of carbonyl (C=O) groups excluding carboxylic acids is 1. The van der Waals surface area contributed by atoms with Gasteiger partial charge in [0.05, 0.1) is 6.26 Å². The Morgan fingerprint density at radius 3 is 2.44 bits per heavy atom. The Kier molecular flexibility index (Phi) is 5.56. The number of rotatable bonds is 4. The van der Waals surface area contributed by atoms with Crippen molar-refractivity contribution in [3.63, 3.8) is 0 Å². The first kappa shape index (κ1) is 18.7. The third-order valence-corrected chi connectivity index (χ3v) is 4.73. The third-order valence-electron chi connectivity index (χ3n) is 4.73. The number of hydrogen-bond acceptors (Lipinski definition) is 5. The smallest absolute Gasteiger partial charge is 0.328 e. The number of nitrogens with zero attached hydrogens (tertiary/aromatic N) is 1. The summed E-state index contributed by atoms with van der Waals surface area (Å²) < 4.78 is 5.29. The number of fused-ring (bicyclic) bond motifs is 3. The Morgan fingerprint density at radius 2 is 1.85 bits per heavy atom. The van der Waals surface area contributed by atoms with Crippen LogP contribution in [0.2, 0.25) is 0 Å². The van der Waals surface area contributed by atoms with Gasteiger partial charge in [0.15, 0.2) is 0 Å². The SMILES string of the molecule is O=C(NC1CN2CC[C@@H]1C2)c1ccc2occc2c1.O=C(O)/C=C/C(=O)O. The molecule has 1 aromatic heterocycles. The summed E-state index contributed by atoms with van der Waals surface area (Å²) >= 11 is 0. The van der Waals surface area contributed by atoms with Crippen LogP contribution in [0.15, 0.2) is 47.1 Å². The van der Waals surface area contributed by atoms with Crippen molar-refractivity contribution in [3.05, 3.63) is 48.2 Å². The van der Waals surface area contributed by atoms with Gasteiger partial charge >= 0.3 is 11.9 Å². The van der Waals surface area contributed by atoms with E-state index in [2.05, 4.69) is 10.2 Å².